The third-order valence-electron chi connectivity index (χ3n) is 4.00. The van der Waals surface area contributed by atoms with Crippen LogP contribution in [0, 0.1) is 6.92 Å². The van der Waals surface area contributed by atoms with Crippen LogP contribution in [0.25, 0.3) is 0 Å². The van der Waals surface area contributed by atoms with Gasteiger partial charge < -0.3 is 15.0 Å². The molecule has 0 spiro atoms. The summed E-state index contributed by atoms with van der Waals surface area (Å²) in [5.41, 5.74) is 1.03. The fourth-order valence-corrected chi connectivity index (χ4v) is 4.31. The molecule has 0 aromatic carbocycles. The van der Waals surface area contributed by atoms with Crippen LogP contribution in [0.5, 0.6) is 0 Å². The van der Waals surface area contributed by atoms with Gasteiger partial charge in [0.15, 0.2) is 5.11 Å². The quantitative estimate of drug-likeness (QED) is 0.640. The third-order valence-corrected chi connectivity index (χ3v) is 5.42. The van der Waals surface area contributed by atoms with E-state index in [1.54, 1.807) is 7.11 Å². The number of hydrogen-bond donors (Lipinski definition) is 1. The molecule has 3 heterocycles. The number of nitrogens with zero attached hydrogens (tertiary/aromatic N) is 2. The van der Waals surface area contributed by atoms with Crippen molar-refractivity contribution in [1.82, 2.24) is 15.2 Å². The van der Waals surface area contributed by atoms with Gasteiger partial charge in [0.2, 0.25) is 0 Å². The monoisotopic (exact) mass is 347 g/mol. The smallest absolute Gasteiger partial charge is 0.170 e. The highest BCUT2D eigenvalue weighted by Gasteiger charge is 2.40. The van der Waals surface area contributed by atoms with E-state index in [4.69, 9.17) is 17.0 Å². The zero-order chi connectivity index (χ0) is 16.2. The highest BCUT2D eigenvalue weighted by atomic mass is 32.1. The van der Waals surface area contributed by atoms with Crippen LogP contribution >= 0.6 is 23.6 Å². The second-order valence-corrected chi connectivity index (χ2v) is 7.32. The molecule has 3 rings (SSSR count). The Bertz CT molecular complexity index is 659. The summed E-state index contributed by atoms with van der Waals surface area (Å²) < 4.78 is 5.19. The summed E-state index contributed by atoms with van der Waals surface area (Å²) in [6.07, 6.45) is 2.79. The Morgan fingerprint density at radius 1 is 1.35 bits per heavy atom. The van der Waals surface area contributed by atoms with Gasteiger partial charge in [-0.1, -0.05) is 6.07 Å². The van der Waals surface area contributed by atoms with Gasteiger partial charge in [-0.05, 0) is 49.8 Å². The zero-order valence-electron chi connectivity index (χ0n) is 13.4. The standard InChI is InChI=1S/C17H21N3OS2/c1-12-7-8-14(23-12)16-15(13-6-3-4-9-18-13)19-17(22)20(16)10-5-11-21-2/h3-4,6-9,15-16H,5,10-11H2,1-2H3,(H,19,22). The maximum atomic E-state index is 5.60. The van der Waals surface area contributed by atoms with Gasteiger partial charge in [-0.15, -0.1) is 11.3 Å². The van der Waals surface area contributed by atoms with Crippen molar-refractivity contribution in [3.63, 3.8) is 0 Å². The summed E-state index contributed by atoms with van der Waals surface area (Å²) in [4.78, 5) is 9.45. The van der Waals surface area contributed by atoms with Gasteiger partial charge in [0.1, 0.15) is 0 Å². The minimum Gasteiger partial charge on any atom is -0.385 e. The largest absolute Gasteiger partial charge is 0.385 e. The van der Waals surface area contributed by atoms with Crippen LogP contribution in [-0.4, -0.2) is 35.3 Å². The van der Waals surface area contributed by atoms with Gasteiger partial charge in [-0.25, -0.2) is 0 Å². The van der Waals surface area contributed by atoms with E-state index in [9.17, 15) is 0 Å². The molecular formula is C17H21N3OS2. The predicted molar refractivity (Wildman–Crippen MR) is 97.7 cm³/mol. The number of aryl methyl sites for hydroxylation is 1. The molecule has 4 nitrogen and oxygen atoms in total. The fourth-order valence-electron chi connectivity index (χ4n) is 2.95. The van der Waals surface area contributed by atoms with E-state index in [0.717, 1.165) is 30.4 Å². The minimum atomic E-state index is 0.0873. The lowest BCUT2D eigenvalue weighted by Gasteiger charge is -2.26. The Hall–Kier alpha value is -1.50. The van der Waals surface area contributed by atoms with Crippen molar-refractivity contribution in [2.24, 2.45) is 0 Å². The van der Waals surface area contributed by atoms with Crippen molar-refractivity contribution in [3.8, 4) is 0 Å². The second-order valence-electron chi connectivity index (χ2n) is 5.61. The van der Waals surface area contributed by atoms with Crippen molar-refractivity contribution >= 4 is 28.7 Å². The average molecular weight is 348 g/mol. The Balaban J connectivity index is 1.91. The summed E-state index contributed by atoms with van der Waals surface area (Å²) in [6.45, 7) is 3.76. The molecule has 0 radical (unpaired) electrons. The van der Waals surface area contributed by atoms with E-state index in [0.29, 0.717) is 0 Å². The molecule has 2 atom stereocenters. The molecule has 0 saturated carbocycles. The first-order chi connectivity index (χ1) is 11.2. The first kappa shape index (κ1) is 16.4. The lowest BCUT2D eigenvalue weighted by atomic mass is 10.0. The van der Waals surface area contributed by atoms with E-state index in [-0.39, 0.29) is 12.1 Å². The fraction of sp³-hybridized carbons (Fsp3) is 0.412. The normalized spacial score (nSPS) is 20.8. The molecule has 122 valence electrons. The number of pyridine rings is 1. The van der Waals surface area contributed by atoms with Gasteiger partial charge in [0.05, 0.1) is 17.8 Å². The molecule has 0 bridgehead atoms. The Morgan fingerprint density at radius 3 is 2.87 bits per heavy atom. The van der Waals surface area contributed by atoms with Gasteiger partial charge in [-0.3, -0.25) is 4.98 Å². The van der Waals surface area contributed by atoms with Crippen LogP contribution < -0.4 is 5.32 Å². The molecule has 2 unspecified atom stereocenters. The number of thiophene rings is 1. The Morgan fingerprint density at radius 2 is 2.22 bits per heavy atom. The van der Waals surface area contributed by atoms with Crippen molar-refractivity contribution < 1.29 is 4.74 Å². The summed E-state index contributed by atoms with van der Waals surface area (Å²) >= 11 is 7.43. The van der Waals surface area contributed by atoms with Gasteiger partial charge in [0.25, 0.3) is 0 Å². The maximum Gasteiger partial charge on any atom is 0.170 e. The van der Waals surface area contributed by atoms with Gasteiger partial charge in [-0.2, -0.15) is 0 Å². The number of hydrogen-bond acceptors (Lipinski definition) is 4. The highest BCUT2D eigenvalue weighted by Crippen LogP contribution is 2.41. The number of thiocarbonyl (C=S) groups is 1. The highest BCUT2D eigenvalue weighted by molar-refractivity contribution is 7.80. The maximum absolute atomic E-state index is 5.60. The van der Waals surface area contributed by atoms with Crippen LogP contribution in [0.3, 0.4) is 0 Å². The van der Waals surface area contributed by atoms with Crippen LogP contribution in [0.15, 0.2) is 36.5 Å². The summed E-state index contributed by atoms with van der Waals surface area (Å²) in [6, 6.07) is 10.7. The molecule has 1 N–H and O–H groups in total. The Labute approximate surface area is 146 Å². The second kappa shape index (κ2) is 7.38. The van der Waals surface area contributed by atoms with Gasteiger partial charge in [0, 0.05) is 36.2 Å². The molecule has 1 aliphatic heterocycles. The first-order valence-corrected chi connectivity index (χ1v) is 8.96. The van der Waals surface area contributed by atoms with E-state index in [1.807, 2.05) is 29.7 Å². The van der Waals surface area contributed by atoms with E-state index in [2.05, 4.69) is 40.3 Å². The molecule has 6 heteroatoms. The Kier molecular flexibility index (Phi) is 5.25. The molecule has 23 heavy (non-hydrogen) atoms. The van der Waals surface area contributed by atoms with Crippen LogP contribution in [-0.2, 0) is 4.74 Å². The summed E-state index contributed by atoms with van der Waals surface area (Å²) in [5.74, 6) is 0. The number of methoxy groups -OCH3 is 1. The van der Waals surface area contributed by atoms with Crippen molar-refractivity contribution in [2.75, 3.05) is 20.3 Å². The van der Waals surface area contributed by atoms with Crippen LogP contribution in [0.2, 0.25) is 0 Å². The number of nitrogens with one attached hydrogen (secondary N) is 1. The van der Waals surface area contributed by atoms with Gasteiger partial charge >= 0.3 is 0 Å². The van der Waals surface area contributed by atoms with Crippen LogP contribution in [0.4, 0.5) is 0 Å². The molecule has 0 aliphatic carbocycles. The average Bonchev–Trinajstić information content (AvgIpc) is 3.12. The number of rotatable bonds is 6. The summed E-state index contributed by atoms with van der Waals surface area (Å²) in [5, 5.41) is 4.26. The van der Waals surface area contributed by atoms with Crippen molar-refractivity contribution in [1.29, 1.82) is 0 Å². The number of aromatic nitrogens is 1. The zero-order valence-corrected chi connectivity index (χ0v) is 15.0. The first-order valence-electron chi connectivity index (χ1n) is 7.74. The van der Waals surface area contributed by atoms with E-state index >= 15 is 0 Å². The van der Waals surface area contributed by atoms with Crippen LogP contribution in [0.1, 0.15) is 34.0 Å². The van der Waals surface area contributed by atoms with E-state index < -0.39 is 0 Å². The van der Waals surface area contributed by atoms with E-state index in [1.165, 1.54) is 9.75 Å². The minimum absolute atomic E-state index is 0.0873. The topological polar surface area (TPSA) is 37.4 Å². The molecule has 2 aromatic heterocycles. The molecule has 1 aliphatic rings. The molecular weight excluding hydrogens is 326 g/mol. The lowest BCUT2D eigenvalue weighted by molar-refractivity contribution is 0.181. The molecule has 0 amide bonds. The van der Waals surface area contributed by atoms with Crippen molar-refractivity contribution in [3.05, 3.63) is 52.0 Å². The lowest BCUT2D eigenvalue weighted by Crippen LogP contribution is -2.30. The summed E-state index contributed by atoms with van der Waals surface area (Å²) in [7, 11) is 1.73. The SMILES string of the molecule is COCCCN1C(=S)NC(c2ccccn2)C1c1ccc(C)s1. The van der Waals surface area contributed by atoms with Crippen molar-refractivity contribution in [2.45, 2.75) is 25.4 Å². The predicted octanol–water partition coefficient (Wildman–Crippen LogP) is 3.46. The molecule has 1 fully saturated rings. The molecule has 1 saturated heterocycles. The third kappa shape index (κ3) is 3.54. The molecule has 2 aromatic rings. The number of ether oxygens (including phenoxy) is 1.